The highest BCUT2D eigenvalue weighted by Gasteiger charge is 2.50. The van der Waals surface area contributed by atoms with E-state index in [4.69, 9.17) is 14.2 Å². The summed E-state index contributed by atoms with van der Waals surface area (Å²) < 4.78 is 18.1. The summed E-state index contributed by atoms with van der Waals surface area (Å²) in [5.41, 5.74) is 0.398. The van der Waals surface area contributed by atoms with E-state index in [1.54, 1.807) is 0 Å². The lowest BCUT2D eigenvalue weighted by molar-refractivity contribution is -0.125. The zero-order valence-corrected chi connectivity index (χ0v) is 15.9. The predicted octanol–water partition coefficient (Wildman–Crippen LogP) is 1.28. The zero-order valence-electron chi connectivity index (χ0n) is 14.3. The van der Waals surface area contributed by atoms with Crippen LogP contribution in [0.3, 0.4) is 0 Å². The molecule has 0 radical (unpaired) electrons. The number of morpholine rings is 2. The van der Waals surface area contributed by atoms with Crippen molar-refractivity contribution in [2.75, 3.05) is 65.8 Å². The maximum Gasteiger partial charge on any atom is 0.125 e. The van der Waals surface area contributed by atoms with Crippen molar-refractivity contribution >= 4 is 15.9 Å². The average molecular weight is 413 g/mol. The van der Waals surface area contributed by atoms with Gasteiger partial charge in [0, 0.05) is 42.8 Å². The molecule has 0 saturated carbocycles. The van der Waals surface area contributed by atoms with Crippen molar-refractivity contribution in [3.63, 3.8) is 0 Å². The predicted molar refractivity (Wildman–Crippen MR) is 97.0 cm³/mol. The number of aliphatic hydroxyl groups excluding tert-OH is 1. The fourth-order valence-corrected chi connectivity index (χ4v) is 4.47. The van der Waals surface area contributed by atoms with Crippen LogP contribution in [0.15, 0.2) is 22.7 Å². The number of aliphatic hydroxyl groups is 1. The van der Waals surface area contributed by atoms with Crippen LogP contribution in [0, 0.1) is 0 Å². The Morgan fingerprint density at radius 1 is 1.08 bits per heavy atom. The summed E-state index contributed by atoms with van der Waals surface area (Å²) in [6, 6.07) is 5.86. The molecule has 2 fully saturated rings. The maximum absolute atomic E-state index is 11.4. The minimum Gasteiger partial charge on any atom is -0.491 e. The first-order valence-corrected chi connectivity index (χ1v) is 9.71. The van der Waals surface area contributed by atoms with E-state index >= 15 is 0 Å². The monoisotopic (exact) mass is 412 g/mol. The molecule has 138 valence electrons. The molecule has 1 aromatic rings. The zero-order chi connectivity index (χ0) is 17.3. The van der Waals surface area contributed by atoms with Gasteiger partial charge in [0.25, 0.3) is 0 Å². The first-order valence-electron chi connectivity index (χ1n) is 8.92. The van der Waals surface area contributed by atoms with Crippen LogP contribution in [0.25, 0.3) is 0 Å². The van der Waals surface area contributed by atoms with Crippen molar-refractivity contribution in [3.8, 4) is 5.75 Å². The molecule has 2 saturated heterocycles. The topological polar surface area (TPSA) is 54.4 Å². The van der Waals surface area contributed by atoms with Gasteiger partial charge in [0.15, 0.2) is 0 Å². The van der Waals surface area contributed by atoms with E-state index in [1.165, 1.54) is 0 Å². The Kier molecular flexibility index (Phi) is 5.31. The number of ether oxygens (including phenoxy) is 3. The molecule has 1 N–H and O–H groups in total. The number of hydrogen-bond acceptors (Lipinski definition) is 6. The minimum absolute atomic E-state index is 0.463. The van der Waals surface area contributed by atoms with Crippen LogP contribution in [-0.2, 0) is 9.47 Å². The van der Waals surface area contributed by atoms with Crippen LogP contribution in [-0.4, -0.2) is 86.2 Å². The molecule has 3 heterocycles. The Hall–Kier alpha value is -0.700. The van der Waals surface area contributed by atoms with Crippen LogP contribution < -0.4 is 4.74 Å². The Morgan fingerprint density at radius 2 is 1.76 bits per heavy atom. The highest BCUT2D eigenvalue weighted by Crippen LogP contribution is 2.43. The van der Waals surface area contributed by atoms with Gasteiger partial charge in [-0.1, -0.05) is 15.9 Å². The highest BCUT2D eigenvalue weighted by molar-refractivity contribution is 9.10. The summed E-state index contributed by atoms with van der Waals surface area (Å²) in [6.07, 6.45) is -0.602. The second kappa shape index (κ2) is 7.50. The number of halogens is 1. The lowest BCUT2D eigenvalue weighted by Crippen LogP contribution is -2.66. The van der Waals surface area contributed by atoms with Gasteiger partial charge in [-0.2, -0.15) is 0 Å². The molecule has 3 aliphatic heterocycles. The fraction of sp³-hybridized carbons (Fsp3) is 0.667. The molecule has 0 spiro atoms. The summed E-state index contributed by atoms with van der Waals surface area (Å²) in [4.78, 5) is 4.75. The van der Waals surface area contributed by atoms with Crippen molar-refractivity contribution in [2.24, 2.45) is 0 Å². The van der Waals surface area contributed by atoms with Crippen LogP contribution in [0.1, 0.15) is 11.7 Å². The van der Waals surface area contributed by atoms with Crippen molar-refractivity contribution in [1.29, 1.82) is 0 Å². The van der Waals surface area contributed by atoms with Crippen LogP contribution >= 0.6 is 15.9 Å². The van der Waals surface area contributed by atoms with Crippen molar-refractivity contribution in [1.82, 2.24) is 9.80 Å². The second-order valence-electron chi connectivity index (χ2n) is 6.96. The molecule has 7 heteroatoms. The third kappa shape index (κ3) is 3.46. The minimum atomic E-state index is -0.602. The molecule has 6 nitrogen and oxygen atoms in total. The SMILES string of the molecule is O[C@H]1c2cc(Br)ccc2OC[C@]1(CN1CCOCC1)N1CCOCC1. The molecule has 0 amide bonds. The number of nitrogens with zero attached hydrogens (tertiary/aromatic N) is 2. The Balaban J connectivity index is 1.67. The molecule has 0 aliphatic carbocycles. The van der Waals surface area contributed by atoms with Gasteiger partial charge < -0.3 is 19.3 Å². The Bertz CT molecular complexity index is 605. The van der Waals surface area contributed by atoms with Crippen LogP contribution in [0.5, 0.6) is 5.75 Å². The quantitative estimate of drug-likeness (QED) is 0.806. The van der Waals surface area contributed by atoms with E-state index in [2.05, 4.69) is 25.7 Å². The number of hydrogen-bond donors (Lipinski definition) is 1. The fourth-order valence-electron chi connectivity index (χ4n) is 4.09. The molecule has 2 atom stereocenters. The van der Waals surface area contributed by atoms with Crippen molar-refractivity contribution < 1.29 is 19.3 Å². The average Bonchev–Trinajstić information content (AvgIpc) is 2.66. The molecular weight excluding hydrogens is 388 g/mol. The largest absolute Gasteiger partial charge is 0.491 e. The maximum atomic E-state index is 11.4. The smallest absolute Gasteiger partial charge is 0.125 e. The standard InChI is InChI=1S/C18H25BrN2O4/c19-14-1-2-16-15(11-14)17(22)18(13-25-16,21-5-9-24-10-6-21)12-20-3-7-23-8-4-20/h1-2,11,17,22H,3-10,12-13H2/t17-,18-/m0/s1. The van der Waals surface area contributed by atoms with Crippen molar-refractivity contribution in [3.05, 3.63) is 28.2 Å². The van der Waals surface area contributed by atoms with Gasteiger partial charge in [0.1, 0.15) is 18.5 Å². The number of rotatable bonds is 3. The molecular formula is C18H25BrN2O4. The summed E-state index contributed by atoms with van der Waals surface area (Å²) in [6.45, 7) is 7.56. The van der Waals surface area contributed by atoms with Gasteiger partial charge >= 0.3 is 0 Å². The highest BCUT2D eigenvalue weighted by atomic mass is 79.9. The molecule has 1 aromatic carbocycles. The van der Waals surface area contributed by atoms with E-state index in [0.29, 0.717) is 19.8 Å². The summed E-state index contributed by atoms with van der Waals surface area (Å²) >= 11 is 3.52. The molecule has 0 unspecified atom stereocenters. The van der Waals surface area contributed by atoms with E-state index < -0.39 is 11.6 Å². The van der Waals surface area contributed by atoms with Crippen molar-refractivity contribution in [2.45, 2.75) is 11.6 Å². The lowest BCUT2D eigenvalue weighted by Gasteiger charge is -2.52. The first-order chi connectivity index (χ1) is 12.2. The summed E-state index contributed by atoms with van der Waals surface area (Å²) in [5, 5.41) is 11.4. The number of benzene rings is 1. The van der Waals surface area contributed by atoms with Gasteiger partial charge in [0.2, 0.25) is 0 Å². The van der Waals surface area contributed by atoms with Gasteiger partial charge in [-0.15, -0.1) is 0 Å². The Labute approximate surface area is 156 Å². The third-order valence-electron chi connectivity index (χ3n) is 5.50. The summed E-state index contributed by atoms with van der Waals surface area (Å²) in [5.74, 6) is 0.779. The van der Waals surface area contributed by atoms with Gasteiger partial charge in [-0.25, -0.2) is 0 Å². The van der Waals surface area contributed by atoms with Gasteiger partial charge in [-0.05, 0) is 18.2 Å². The summed E-state index contributed by atoms with van der Waals surface area (Å²) in [7, 11) is 0. The van der Waals surface area contributed by atoms with Gasteiger partial charge in [-0.3, -0.25) is 9.80 Å². The lowest BCUT2D eigenvalue weighted by atomic mass is 9.83. The van der Waals surface area contributed by atoms with E-state index in [0.717, 1.165) is 61.7 Å². The van der Waals surface area contributed by atoms with E-state index in [1.807, 2.05) is 18.2 Å². The van der Waals surface area contributed by atoms with Crippen LogP contribution in [0.2, 0.25) is 0 Å². The molecule has 4 rings (SSSR count). The van der Waals surface area contributed by atoms with Crippen LogP contribution in [0.4, 0.5) is 0 Å². The number of fused-ring (bicyclic) bond motifs is 1. The molecule has 0 bridgehead atoms. The first kappa shape index (κ1) is 17.7. The third-order valence-corrected chi connectivity index (χ3v) is 5.99. The molecule has 3 aliphatic rings. The normalized spacial score (nSPS) is 31.4. The van der Waals surface area contributed by atoms with E-state index in [-0.39, 0.29) is 0 Å². The molecule has 0 aromatic heterocycles. The molecule has 25 heavy (non-hydrogen) atoms. The van der Waals surface area contributed by atoms with E-state index in [9.17, 15) is 5.11 Å². The second-order valence-corrected chi connectivity index (χ2v) is 7.88. The Morgan fingerprint density at radius 3 is 2.48 bits per heavy atom. The van der Waals surface area contributed by atoms with Gasteiger partial charge in [0.05, 0.1) is 32.0 Å².